The monoisotopic (exact) mass is 338 g/mol. The average Bonchev–Trinajstić information content (AvgIpc) is 3.25. The lowest BCUT2D eigenvalue weighted by Crippen LogP contribution is -2.38. The normalized spacial score (nSPS) is 17.6. The van der Waals surface area contributed by atoms with Crippen molar-refractivity contribution in [3.63, 3.8) is 0 Å². The number of aryl methyl sites for hydroxylation is 1. The molecule has 6 nitrogen and oxygen atoms in total. The number of pyridine rings is 1. The molecule has 6 heteroatoms. The molecular formula is C19H22N4O2. The maximum absolute atomic E-state index is 5.96. The molecular weight excluding hydrogens is 316 g/mol. The highest BCUT2D eigenvalue weighted by Gasteiger charge is 2.25. The number of nitrogens with zero attached hydrogens (tertiary/aromatic N) is 4. The Hall–Kier alpha value is -2.44. The Balaban J connectivity index is 1.40. The summed E-state index contributed by atoms with van der Waals surface area (Å²) in [7, 11) is 0. The van der Waals surface area contributed by atoms with Crippen LogP contribution in [0.2, 0.25) is 0 Å². The minimum Gasteiger partial charge on any atom is -0.465 e. The van der Waals surface area contributed by atoms with Gasteiger partial charge in [0.15, 0.2) is 0 Å². The molecule has 3 aromatic rings. The zero-order valence-corrected chi connectivity index (χ0v) is 14.3. The first-order valence-electron chi connectivity index (χ1n) is 8.53. The summed E-state index contributed by atoms with van der Waals surface area (Å²) in [4.78, 5) is 10.7. The van der Waals surface area contributed by atoms with E-state index in [2.05, 4.69) is 25.5 Å². The maximum Gasteiger partial charge on any atom is 0.118 e. The van der Waals surface area contributed by atoms with Crippen molar-refractivity contribution in [2.75, 3.05) is 13.2 Å². The van der Waals surface area contributed by atoms with Crippen LogP contribution >= 0.6 is 0 Å². The van der Waals surface area contributed by atoms with Crippen LogP contribution in [0.4, 0.5) is 0 Å². The highest BCUT2D eigenvalue weighted by atomic mass is 16.5. The van der Waals surface area contributed by atoms with Crippen molar-refractivity contribution in [3.8, 4) is 0 Å². The highest BCUT2D eigenvalue weighted by molar-refractivity contribution is 5.09. The van der Waals surface area contributed by atoms with E-state index >= 15 is 0 Å². The van der Waals surface area contributed by atoms with Crippen LogP contribution < -0.4 is 0 Å². The summed E-state index contributed by atoms with van der Waals surface area (Å²) in [6, 6.07) is 8.28. The Kier molecular flexibility index (Phi) is 4.63. The Labute approximate surface area is 147 Å². The van der Waals surface area contributed by atoms with Crippen LogP contribution in [0.1, 0.15) is 28.8 Å². The van der Waals surface area contributed by atoms with Crippen LogP contribution in [0, 0.1) is 6.92 Å². The van der Waals surface area contributed by atoms with Crippen LogP contribution in [-0.2, 0) is 24.4 Å². The molecule has 4 rings (SSSR count). The minimum absolute atomic E-state index is 0.254. The number of furan rings is 1. The lowest BCUT2D eigenvalue weighted by molar-refractivity contribution is 0.0569. The molecule has 0 amide bonds. The topological polar surface area (TPSA) is 56.3 Å². The van der Waals surface area contributed by atoms with Gasteiger partial charge in [-0.3, -0.25) is 9.88 Å². The SMILES string of the molecule is Cc1ccc(CN2Cc3cncn3C(COCc3ccncc3)C2)o1. The fourth-order valence-electron chi connectivity index (χ4n) is 3.30. The minimum atomic E-state index is 0.254. The number of imidazole rings is 1. The number of fused-ring (bicyclic) bond motifs is 1. The van der Waals surface area contributed by atoms with Crippen molar-refractivity contribution < 1.29 is 9.15 Å². The molecule has 0 fully saturated rings. The summed E-state index contributed by atoms with van der Waals surface area (Å²) < 4.78 is 13.9. The van der Waals surface area contributed by atoms with Crippen molar-refractivity contribution in [1.29, 1.82) is 0 Å². The van der Waals surface area contributed by atoms with E-state index in [4.69, 9.17) is 9.15 Å². The van der Waals surface area contributed by atoms with E-state index in [1.165, 1.54) is 5.69 Å². The van der Waals surface area contributed by atoms with Gasteiger partial charge >= 0.3 is 0 Å². The number of ether oxygens (including phenoxy) is 1. The van der Waals surface area contributed by atoms with Crippen LogP contribution in [0.15, 0.2) is 53.6 Å². The van der Waals surface area contributed by atoms with Crippen molar-refractivity contribution >= 4 is 0 Å². The Morgan fingerprint density at radius 3 is 2.88 bits per heavy atom. The van der Waals surface area contributed by atoms with Crippen LogP contribution in [0.5, 0.6) is 0 Å². The lowest BCUT2D eigenvalue weighted by atomic mass is 10.2. The summed E-state index contributed by atoms with van der Waals surface area (Å²) in [6.45, 7) is 5.82. The summed E-state index contributed by atoms with van der Waals surface area (Å²) in [5, 5.41) is 0. The quantitative estimate of drug-likeness (QED) is 0.692. The largest absolute Gasteiger partial charge is 0.465 e. The molecule has 0 N–H and O–H groups in total. The van der Waals surface area contributed by atoms with Gasteiger partial charge in [0.2, 0.25) is 0 Å². The molecule has 0 spiro atoms. The molecule has 1 unspecified atom stereocenters. The molecule has 0 saturated carbocycles. The maximum atomic E-state index is 5.96. The third-order valence-electron chi connectivity index (χ3n) is 4.50. The molecule has 1 aliphatic heterocycles. The molecule has 25 heavy (non-hydrogen) atoms. The number of rotatable bonds is 6. The molecule has 0 bridgehead atoms. The van der Waals surface area contributed by atoms with Gasteiger partial charge in [0.05, 0.1) is 37.8 Å². The van der Waals surface area contributed by atoms with Gasteiger partial charge in [0.1, 0.15) is 11.5 Å². The average molecular weight is 338 g/mol. The first kappa shape index (κ1) is 16.1. The van der Waals surface area contributed by atoms with E-state index in [1.54, 1.807) is 12.4 Å². The number of hydrogen-bond donors (Lipinski definition) is 0. The van der Waals surface area contributed by atoms with Gasteiger partial charge in [-0.25, -0.2) is 4.98 Å². The zero-order chi connectivity index (χ0) is 17.1. The van der Waals surface area contributed by atoms with E-state index in [0.717, 1.165) is 36.7 Å². The summed E-state index contributed by atoms with van der Waals surface area (Å²) >= 11 is 0. The van der Waals surface area contributed by atoms with Crippen LogP contribution in [0.3, 0.4) is 0 Å². The molecule has 0 saturated heterocycles. The van der Waals surface area contributed by atoms with Crippen molar-refractivity contribution in [2.45, 2.75) is 32.7 Å². The standard InChI is InChI=1S/C19H22N4O2/c1-15-2-3-19(25-15)11-22-9-17-8-21-14-23(17)18(10-22)13-24-12-16-4-6-20-7-5-16/h2-8,14,18H,9-13H2,1H3. The smallest absolute Gasteiger partial charge is 0.118 e. The molecule has 1 aliphatic rings. The van der Waals surface area contributed by atoms with Gasteiger partial charge in [-0.1, -0.05) is 0 Å². The molecule has 0 radical (unpaired) electrons. The molecule has 0 aromatic carbocycles. The second kappa shape index (κ2) is 7.21. The van der Waals surface area contributed by atoms with Gasteiger partial charge in [-0.05, 0) is 36.8 Å². The van der Waals surface area contributed by atoms with Crippen molar-refractivity contribution in [1.82, 2.24) is 19.4 Å². The van der Waals surface area contributed by atoms with Crippen molar-refractivity contribution in [2.24, 2.45) is 0 Å². The van der Waals surface area contributed by atoms with Crippen LogP contribution in [0.25, 0.3) is 0 Å². The van der Waals surface area contributed by atoms with E-state index in [-0.39, 0.29) is 6.04 Å². The molecule has 130 valence electrons. The predicted octanol–water partition coefficient (Wildman–Crippen LogP) is 2.95. The second-order valence-electron chi connectivity index (χ2n) is 6.50. The third kappa shape index (κ3) is 3.81. The predicted molar refractivity (Wildman–Crippen MR) is 92.7 cm³/mol. The Morgan fingerprint density at radius 2 is 2.08 bits per heavy atom. The Morgan fingerprint density at radius 1 is 1.20 bits per heavy atom. The van der Waals surface area contributed by atoms with Gasteiger partial charge in [0, 0.05) is 31.7 Å². The first-order chi connectivity index (χ1) is 12.3. The zero-order valence-electron chi connectivity index (χ0n) is 14.3. The summed E-state index contributed by atoms with van der Waals surface area (Å²) in [5.74, 6) is 1.95. The number of aromatic nitrogens is 3. The van der Waals surface area contributed by atoms with Gasteiger partial charge in [-0.15, -0.1) is 0 Å². The molecule has 3 aromatic heterocycles. The van der Waals surface area contributed by atoms with E-state index < -0.39 is 0 Å². The van der Waals surface area contributed by atoms with E-state index in [1.807, 2.05) is 37.6 Å². The second-order valence-corrected chi connectivity index (χ2v) is 6.50. The summed E-state index contributed by atoms with van der Waals surface area (Å²) in [6.07, 6.45) is 7.43. The van der Waals surface area contributed by atoms with Gasteiger partial charge in [-0.2, -0.15) is 0 Å². The van der Waals surface area contributed by atoms with Crippen molar-refractivity contribution in [3.05, 3.63) is 72.0 Å². The van der Waals surface area contributed by atoms with Gasteiger partial charge in [0.25, 0.3) is 0 Å². The Bertz CT molecular complexity index is 812. The molecule has 1 atom stereocenters. The lowest BCUT2D eigenvalue weighted by Gasteiger charge is -2.33. The van der Waals surface area contributed by atoms with E-state index in [0.29, 0.717) is 13.2 Å². The third-order valence-corrected chi connectivity index (χ3v) is 4.50. The van der Waals surface area contributed by atoms with Gasteiger partial charge < -0.3 is 13.7 Å². The fraction of sp³-hybridized carbons (Fsp3) is 0.368. The fourth-order valence-corrected chi connectivity index (χ4v) is 3.30. The first-order valence-corrected chi connectivity index (χ1v) is 8.53. The number of hydrogen-bond acceptors (Lipinski definition) is 5. The molecule has 4 heterocycles. The molecule has 0 aliphatic carbocycles. The van der Waals surface area contributed by atoms with Crippen LogP contribution in [-0.4, -0.2) is 32.6 Å². The summed E-state index contributed by atoms with van der Waals surface area (Å²) in [5.41, 5.74) is 2.35. The van der Waals surface area contributed by atoms with E-state index in [9.17, 15) is 0 Å². The highest BCUT2D eigenvalue weighted by Crippen LogP contribution is 2.23.